The van der Waals surface area contributed by atoms with Crippen LogP contribution in [0.25, 0.3) is 11.6 Å². The Morgan fingerprint density at radius 3 is 2.81 bits per heavy atom. The highest BCUT2D eigenvalue weighted by molar-refractivity contribution is 7.99. The van der Waals surface area contributed by atoms with Gasteiger partial charge in [-0.25, -0.2) is 0 Å². The summed E-state index contributed by atoms with van der Waals surface area (Å²) in [5, 5.41) is 12.0. The summed E-state index contributed by atoms with van der Waals surface area (Å²) >= 11 is 1.36. The number of nitrogens with zero attached hydrogens (tertiary/aromatic N) is 3. The van der Waals surface area contributed by atoms with Crippen molar-refractivity contribution in [3.8, 4) is 11.6 Å². The van der Waals surface area contributed by atoms with Crippen molar-refractivity contribution in [1.82, 2.24) is 14.8 Å². The van der Waals surface area contributed by atoms with Crippen LogP contribution < -0.4 is 5.32 Å². The third-order valence-electron chi connectivity index (χ3n) is 3.94. The fraction of sp³-hybridized carbons (Fsp3) is 0.316. The van der Waals surface area contributed by atoms with Crippen LogP contribution in [0.3, 0.4) is 0 Å². The SMILES string of the molecule is CCn1c(SCC(=O)Nc2cccc(C(C)C)c2)nnc1-c1ccco1. The number of rotatable bonds is 7. The van der Waals surface area contributed by atoms with E-state index in [4.69, 9.17) is 4.42 Å². The molecule has 3 rings (SSSR count). The first-order chi connectivity index (χ1) is 12.6. The molecule has 0 aliphatic carbocycles. The van der Waals surface area contributed by atoms with Crippen molar-refractivity contribution >= 4 is 23.4 Å². The van der Waals surface area contributed by atoms with Gasteiger partial charge in [-0.3, -0.25) is 9.36 Å². The van der Waals surface area contributed by atoms with E-state index < -0.39 is 0 Å². The molecule has 0 fully saturated rings. The van der Waals surface area contributed by atoms with Crippen LogP contribution in [0.5, 0.6) is 0 Å². The Balaban J connectivity index is 1.64. The fourth-order valence-electron chi connectivity index (χ4n) is 2.57. The zero-order valence-corrected chi connectivity index (χ0v) is 15.9. The summed E-state index contributed by atoms with van der Waals surface area (Å²) < 4.78 is 7.34. The summed E-state index contributed by atoms with van der Waals surface area (Å²) in [6.45, 7) is 6.97. The Labute approximate surface area is 157 Å². The number of thioether (sulfide) groups is 1. The summed E-state index contributed by atoms with van der Waals surface area (Å²) in [5.74, 6) is 1.96. The molecule has 136 valence electrons. The molecule has 0 unspecified atom stereocenters. The molecule has 2 heterocycles. The van der Waals surface area contributed by atoms with Crippen LogP contribution in [0, 0.1) is 0 Å². The number of anilines is 1. The summed E-state index contributed by atoms with van der Waals surface area (Å²) in [6.07, 6.45) is 1.61. The molecule has 2 aromatic heterocycles. The highest BCUT2D eigenvalue weighted by atomic mass is 32.2. The van der Waals surface area contributed by atoms with Gasteiger partial charge in [0.2, 0.25) is 5.91 Å². The monoisotopic (exact) mass is 370 g/mol. The Bertz CT molecular complexity index is 872. The average Bonchev–Trinajstić information content (AvgIpc) is 3.29. The number of carbonyl (C=O) groups is 1. The third kappa shape index (κ3) is 4.16. The first-order valence-corrected chi connectivity index (χ1v) is 9.56. The predicted octanol–water partition coefficient (Wildman–Crippen LogP) is 4.41. The molecule has 0 radical (unpaired) electrons. The number of hydrogen-bond donors (Lipinski definition) is 1. The highest BCUT2D eigenvalue weighted by Gasteiger charge is 2.16. The molecule has 0 spiro atoms. The van der Waals surface area contributed by atoms with Crippen LogP contribution in [0.1, 0.15) is 32.3 Å². The lowest BCUT2D eigenvalue weighted by molar-refractivity contribution is -0.113. The van der Waals surface area contributed by atoms with Crippen LogP contribution in [-0.2, 0) is 11.3 Å². The highest BCUT2D eigenvalue weighted by Crippen LogP contribution is 2.24. The number of furan rings is 1. The van der Waals surface area contributed by atoms with Gasteiger partial charge >= 0.3 is 0 Å². The van der Waals surface area contributed by atoms with Crippen LogP contribution in [0.4, 0.5) is 5.69 Å². The lowest BCUT2D eigenvalue weighted by atomic mass is 10.0. The molecular weight excluding hydrogens is 348 g/mol. The minimum atomic E-state index is -0.0684. The van der Waals surface area contributed by atoms with Gasteiger partial charge in [0.05, 0.1) is 12.0 Å². The van der Waals surface area contributed by atoms with Crippen molar-refractivity contribution < 1.29 is 9.21 Å². The van der Waals surface area contributed by atoms with E-state index in [0.717, 1.165) is 5.69 Å². The second-order valence-electron chi connectivity index (χ2n) is 6.14. The molecule has 0 aliphatic rings. The first kappa shape index (κ1) is 18.3. The third-order valence-corrected chi connectivity index (χ3v) is 4.91. The van der Waals surface area contributed by atoms with Crippen molar-refractivity contribution in [3.63, 3.8) is 0 Å². The molecule has 0 saturated heterocycles. The molecule has 1 amide bonds. The Kier molecular flexibility index (Phi) is 5.78. The molecule has 26 heavy (non-hydrogen) atoms. The molecule has 0 bridgehead atoms. The van der Waals surface area contributed by atoms with Crippen molar-refractivity contribution in [1.29, 1.82) is 0 Å². The molecule has 6 nitrogen and oxygen atoms in total. The zero-order chi connectivity index (χ0) is 18.5. The van der Waals surface area contributed by atoms with E-state index in [1.807, 2.05) is 41.8 Å². The summed E-state index contributed by atoms with van der Waals surface area (Å²) in [6, 6.07) is 11.6. The average molecular weight is 370 g/mol. The molecular formula is C19H22N4O2S. The van der Waals surface area contributed by atoms with Crippen LogP contribution in [0.2, 0.25) is 0 Å². The molecule has 3 aromatic rings. The Morgan fingerprint density at radius 2 is 2.12 bits per heavy atom. The van der Waals surface area contributed by atoms with Gasteiger partial charge < -0.3 is 9.73 Å². The number of amides is 1. The van der Waals surface area contributed by atoms with Gasteiger partial charge in [-0.05, 0) is 42.7 Å². The second-order valence-corrected chi connectivity index (χ2v) is 7.09. The van der Waals surface area contributed by atoms with Gasteiger partial charge in [-0.1, -0.05) is 37.7 Å². The molecule has 0 atom stereocenters. The van der Waals surface area contributed by atoms with Crippen molar-refractivity contribution in [2.45, 2.75) is 38.4 Å². The molecule has 0 saturated carbocycles. The maximum atomic E-state index is 12.3. The van der Waals surface area contributed by atoms with Gasteiger partial charge in [-0.2, -0.15) is 0 Å². The van der Waals surface area contributed by atoms with Crippen molar-refractivity contribution in [3.05, 3.63) is 48.2 Å². The van der Waals surface area contributed by atoms with E-state index in [-0.39, 0.29) is 11.7 Å². The topological polar surface area (TPSA) is 73.0 Å². The van der Waals surface area contributed by atoms with Gasteiger partial charge in [0.1, 0.15) is 0 Å². The number of hydrogen-bond acceptors (Lipinski definition) is 5. The first-order valence-electron chi connectivity index (χ1n) is 8.58. The zero-order valence-electron chi connectivity index (χ0n) is 15.1. The maximum Gasteiger partial charge on any atom is 0.234 e. The van der Waals surface area contributed by atoms with Gasteiger partial charge in [-0.15, -0.1) is 10.2 Å². The smallest absolute Gasteiger partial charge is 0.234 e. The summed E-state index contributed by atoms with van der Waals surface area (Å²) in [4.78, 5) is 12.3. The minimum Gasteiger partial charge on any atom is -0.461 e. The van der Waals surface area contributed by atoms with Gasteiger partial charge in [0.25, 0.3) is 0 Å². The van der Waals surface area contributed by atoms with Crippen LogP contribution in [-0.4, -0.2) is 26.4 Å². The maximum absolute atomic E-state index is 12.3. The lowest BCUT2D eigenvalue weighted by Gasteiger charge is -2.09. The van der Waals surface area contributed by atoms with Gasteiger partial charge in [0.15, 0.2) is 16.7 Å². The lowest BCUT2D eigenvalue weighted by Crippen LogP contribution is -2.14. The molecule has 1 N–H and O–H groups in total. The number of carbonyl (C=O) groups excluding carboxylic acids is 1. The Hall–Kier alpha value is -2.54. The van der Waals surface area contributed by atoms with E-state index >= 15 is 0 Å². The number of benzene rings is 1. The number of nitrogens with one attached hydrogen (secondary N) is 1. The largest absolute Gasteiger partial charge is 0.461 e. The van der Waals surface area contributed by atoms with Crippen molar-refractivity contribution in [2.24, 2.45) is 0 Å². The van der Waals surface area contributed by atoms with Crippen LogP contribution in [0.15, 0.2) is 52.2 Å². The predicted molar refractivity (Wildman–Crippen MR) is 103 cm³/mol. The van der Waals surface area contributed by atoms with Crippen LogP contribution >= 0.6 is 11.8 Å². The Morgan fingerprint density at radius 1 is 1.27 bits per heavy atom. The quantitative estimate of drug-likeness (QED) is 0.624. The van der Waals surface area contributed by atoms with E-state index in [1.165, 1.54) is 17.3 Å². The standard InChI is InChI=1S/C19H22N4O2S/c1-4-23-18(16-9-6-10-25-16)21-22-19(23)26-12-17(24)20-15-8-5-7-14(11-15)13(2)3/h5-11,13H,4,12H2,1-3H3,(H,20,24). The van der Waals surface area contributed by atoms with E-state index in [9.17, 15) is 4.79 Å². The van der Waals surface area contributed by atoms with E-state index in [2.05, 4.69) is 35.4 Å². The minimum absolute atomic E-state index is 0.0684. The number of aromatic nitrogens is 3. The summed E-state index contributed by atoms with van der Waals surface area (Å²) in [7, 11) is 0. The fourth-order valence-corrected chi connectivity index (χ4v) is 3.37. The molecule has 0 aliphatic heterocycles. The van der Waals surface area contributed by atoms with Gasteiger partial charge in [0, 0.05) is 12.2 Å². The van der Waals surface area contributed by atoms with Crippen molar-refractivity contribution in [2.75, 3.05) is 11.1 Å². The normalized spacial score (nSPS) is 11.1. The summed E-state index contributed by atoms with van der Waals surface area (Å²) in [5.41, 5.74) is 2.01. The second kappa shape index (κ2) is 8.23. The molecule has 1 aromatic carbocycles. The molecule has 7 heteroatoms. The van der Waals surface area contributed by atoms with E-state index in [0.29, 0.717) is 29.2 Å². The van der Waals surface area contributed by atoms with E-state index in [1.54, 1.807) is 6.26 Å².